The fourth-order valence-corrected chi connectivity index (χ4v) is 4.41. The van der Waals surface area contributed by atoms with Gasteiger partial charge in [-0.2, -0.15) is 0 Å². The summed E-state index contributed by atoms with van der Waals surface area (Å²) in [5, 5.41) is 0. The van der Waals surface area contributed by atoms with E-state index in [0.29, 0.717) is 36.7 Å². The number of nitrogens with zero attached hydrogens (tertiary/aromatic N) is 1. The third-order valence-corrected chi connectivity index (χ3v) is 5.82. The van der Waals surface area contributed by atoms with E-state index in [1.165, 1.54) is 0 Å². The van der Waals surface area contributed by atoms with Gasteiger partial charge < -0.3 is 9.64 Å². The number of carbonyl (C=O) groups excluding carboxylic acids is 1. The maximum atomic E-state index is 12.9. The van der Waals surface area contributed by atoms with Gasteiger partial charge in [-0.1, -0.05) is 12.1 Å². The van der Waals surface area contributed by atoms with Gasteiger partial charge in [0.1, 0.15) is 10.6 Å². The maximum Gasteiger partial charge on any atom is 0.265 e. The summed E-state index contributed by atoms with van der Waals surface area (Å²) in [5.41, 5.74) is 1.94. The highest BCUT2D eigenvalue weighted by atomic mass is 32.2. The molecule has 0 atom stereocenters. The standard InChI is InChI=1S/C20H24N2O4S/c1-3-26-18-11-10-15(2)13-19(18)27(24,25)21-16-7-6-8-17(14-16)22-12-5-4-9-20(22)23/h6-8,10-11,13-14,21H,3-5,9,12H2,1-2H3. The molecule has 0 radical (unpaired) electrons. The van der Waals surface area contributed by atoms with Crippen LogP contribution in [-0.4, -0.2) is 27.5 Å². The second kappa shape index (κ2) is 8.00. The number of nitrogens with one attached hydrogen (secondary N) is 1. The number of ether oxygens (including phenoxy) is 1. The Hall–Kier alpha value is -2.54. The van der Waals surface area contributed by atoms with Gasteiger partial charge in [-0.05, 0) is 62.6 Å². The highest BCUT2D eigenvalue weighted by Gasteiger charge is 2.22. The normalized spacial score (nSPS) is 14.9. The predicted molar refractivity (Wildman–Crippen MR) is 106 cm³/mol. The second-order valence-corrected chi connectivity index (χ2v) is 8.19. The van der Waals surface area contributed by atoms with E-state index in [1.54, 1.807) is 35.2 Å². The van der Waals surface area contributed by atoms with E-state index in [1.807, 2.05) is 26.0 Å². The molecule has 1 aliphatic heterocycles. The molecule has 1 fully saturated rings. The maximum absolute atomic E-state index is 12.9. The summed E-state index contributed by atoms with van der Waals surface area (Å²) in [6, 6.07) is 12.0. The van der Waals surface area contributed by atoms with Gasteiger partial charge in [0.05, 0.1) is 12.3 Å². The van der Waals surface area contributed by atoms with E-state index in [9.17, 15) is 13.2 Å². The summed E-state index contributed by atoms with van der Waals surface area (Å²) in [6.07, 6.45) is 2.37. The average molecular weight is 388 g/mol. The van der Waals surface area contributed by atoms with Gasteiger partial charge in [0.2, 0.25) is 5.91 Å². The number of carbonyl (C=O) groups is 1. The molecule has 1 amide bonds. The molecule has 1 saturated heterocycles. The number of benzene rings is 2. The van der Waals surface area contributed by atoms with Crippen LogP contribution in [0.1, 0.15) is 31.7 Å². The predicted octanol–water partition coefficient (Wildman–Crippen LogP) is 3.71. The third-order valence-electron chi connectivity index (χ3n) is 4.42. The Morgan fingerprint density at radius 3 is 2.70 bits per heavy atom. The fourth-order valence-electron chi connectivity index (χ4n) is 3.13. The van der Waals surface area contributed by atoms with Crippen molar-refractivity contribution >= 4 is 27.3 Å². The average Bonchev–Trinajstić information content (AvgIpc) is 2.63. The summed E-state index contributed by atoms with van der Waals surface area (Å²) in [7, 11) is -3.83. The zero-order chi connectivity index (χ0) is 19.4. The van der Waals surface area contributed by atoms with E-state index in [-0.39, 0.29) is 10.8 Å². The van der Waals surface area contributed by atoms with Crippen LogP contribution < -0.4 is 14.4 Å². The summed E-state index contributed by atoms with van der Waals surface area (Å²) >= 11 is 0. The van der Waals surface area contributed by atoms with E-state index < -0.39 is 10.0 Å². The Morgan fingerprint density at radius 1 is 1.15 bits per heavy atom. The number of anilines is 2. The van der Waals surface area contributed by atoms with Crippen molar-refractivity contribution < 1.29 is 17.9 Å². The molecular weight excluding hydrogens is 364 g/mol. The molecule has 27 heavy (non-hydrogen) atoms. The number of aryl methyl sites for hydroxylation is 1. The molecule has 1 aliphatic rings. The molecule has 0 aliphatic carbocycles. The highest BCUT2D eigenvalue weighted by molar-refractivity contribution is 7.92. The first-order valence-electron chi connectivity index (χ1n) is 9.07. The zero-order valence-corrected chi connectivity index (χ0v) is 16.4. The Morgan fingerprint density at radius 2 is 1.96 bits per heavy atom. The van der Waals surface area contributed by atoms with E-state index in [2.05, 4.69) is 4.72 Å². The van der Waals surface area contributed by atoms with Crippen molar-refractivity contribution in [2.45, 2.75) is 38.0 Å². The van der Waals surface area contributed by atoms with Gasteiger partial charge in [0, 0.05) is 18.7 Å². The molecule has 1 N–H and O–H groups in total. The largest absolute Gasteiger partial charge is 0.492 e. The lowest BCUT2D eigenvalue weighted by Crippen LogP contribution is -2.35. The zero-order valence-electron chi connectivity index (χ0n) is 15.6. The van der Waals surface area contributed by atoms with Crippen LogP contribution in [0, 0.1) is 6.92 Å². The topological polar surface area (TPSA) is 75.7 Å². The van der Waals surface area contributed by atoms with E-state index in [4.69, 9.17) is 4.74 Å². The first-order chi connectivity index (χ1) is 12.9. The van der Waals surface area contributed by atoms with Gasteiger partial charge in [0.25, 0.3) is 10.0 Å². The number of hydrogen-bond donors (Lipinski definition) is 1. The van der Waals surface area contributed by atoms with E-state index in [0.717, 1.165) is 18.4 Å². The molecule has 6 nitrogen and oxygen atoms in total. The minimum Gasteiger partial charge on any atom is -0.492 e. The van der Waals surface area contributed by atoms with Crippen molar-refractivity contribution in [1.29, 1.82) is 0 Å². The minimum absolute atomic E-state index is 0.0681. The summed E-state index contributed by atoms with van der Waals surface area (Å²) < 4.78 is 33.9. The molecule has 0 unspecified atom stereocenters. The van der Waals surface area contributed by atoms with Crippen molar-refractivity contribution in [3.05, 3.63) is 48.0 Å². The van der Waals surface area contributed by atoms with Gasteiger partial charge >= 0.3 is 0 Å². The number of rotatable bonds is 6. The van der Waals surface area contributed by atoms with Crippen LogP contribution in [0.25, 0.3) is 0 Å². The smallest absolute Gasteiger partial charge is 0.265 e. The molecule has 3 rings (SSSR count). The van der Waals surface area contributed by atoms with Gasteiger partial charge in [-0.3, -0.25) is 9.52 Å². The van der Waals surface area contributed by atoms with Gasteiger partial charge in [-0.15, -0.1) is 0 Å². The van der Waals surface area contributed by atoms with Gasteiger partial charge in [0.15, 0.2) is 0 Å². The Labute approximate surface area is 160 Å². The Bertz CT molecular complexity index is 941. The third kappa shape index (κ3) is 4.42. The summed E-state index contributed by atoms with van der Waals surface area (Å²) in [6.45, 7) is 4.67. The van der Waals surface area contributed by atoms with Crippen molar-refractivity contribution in [1.82, 2.24) is 0 Å². The summed E-state index contributed by atoms with van der Waals surface area (Å²) in [4.78, 5) is 13.9. The molecule has 7 heteroatoms. The molecular formula is C20H24N2O4S. The fraction of sp³-hybridized carbons (Fsp3) is 0.350. The quantitative estimate of drug-likeness (QED) is 0.818. The lowest BCUT2D eigenvalue weighted by Gasteiger charge is -2.27. The molecule has 144 valence electrons. The lowest BCUT2D eigenvalue weighted by molar-refractivity contribution is -0.119. The SMILES string of the molecule is CCOc1ccc(C)cc1S(=O)(=O)Nc1cccc(N2CCCCC2=O)c1. The van der Waals surface area contributed by atoms with Crippen LogP contribution >= 0.6 is 0 Å². The Kier molecular flexibility index (Phi) is 5.70. The minimum atomic E-state index is -3.83. The first kappa shape index (κ1) is 19.2. The number of piperidine rings is 1. The molecule has 0 bridgehead atoms. The van der Waals surface area contributed by atoms with Gasteiger partial charge in [-0.25, -0.2) is 8.42 Å². The number of amides is 1. The van der Waals surface area contributed by atoms with Crippen molar-refractivity contribution in [3.63, 3.8) is 0 Å². The highest BCUT2D eigenvalue weighted by Crippen LogP contribution is 2.29. The van der Waals surface area contributed by atoms with Crippen LogP contribution in [0.15, 0.2) is 47.4 Å². The number of hydrogen-bond acceptors (Lipinski definition) is 4. The molecule has 2 aromatic carbocycles. The van der Waals surface area contributed by atoms with E-state index >= 15 is 0 Å². The van der Waals surface area contributed by atoms with Crippen molar-refractivity contribution in [3.8, 4) is 5.75 Å². The van der Waals surface area contributed by atoms with Crippen molar-refractivity contribution in [2.75, 3.05) is 22.8 Å². The van der Waals surface area contributed by atoms with Crippen LogP contribution in [0.5, 0.6) is 5.75 Å². The van der Waals surface area contributed by atoms with Crippen LogP contribution in [0.2, 0.25) is 0 Å². The summed E-state index contributed by atoms with van der Waals surface area (Å²) in [5.74, 6) is 0.386. The molecule has 0 aromatic heterocycles. The monoisotopic (exact) mass is 388 g/mol. The molecule has 0 saturated carbocycles. The molecule has 1 heterocycles. The second-order valence-electron chi connectivity index (χ2n) is 6.54. The molecule has 0 spiro atoms. The Balaban J connectivity index is 1.90. The van der Waals surface area contributed by atoms with Crippen molar-refractivity contribution in [2.24, 2.45) is 0 Å². The number of sulfonamides is 1. The first-order valence-corrected chi connectivity index (χ1v) is 10.6. The molecule has 2 aromatic rings. The van der Waals surface area contributed by atoms with Crippen LogP contribution in [-0.2, 0) is 14.8 Å². The lowest BCUT2D eigenvalue weighted by atomic mass is 10.1. The van der Waals surface area contributed by atoms with Crippen LogP contribution in [0.4, 0.5) is 11.4 Å². The van der Waals surface area contributed by atoms with Crippen LogP contribution in [0.3, 0.4) is 0 Å².